The summed E-state index contributed by atoms with van der Waals surface area (Å²) in [6.07, 6.45) is 1.52. The SMILES string of the molecule is COc1cc(C=Nn2c(-c3cc4ccccc4o3)nc3ccccc3c2=O)ccc1OCc1cccc([N+](=O)[O-])c1. The Morgan fingerprint density at radius 1 is 0.976 bits per heavy atom. The van der Waals surface area contributed by atoms with Crippen molar-refractivity contribution >= 4 is 33.8 Å². The molecule has 0 unspecified atom stereocenters. The molecule has 10 heteroatoms. The highest BCUT2D eigenvalue weighted by Crippen LogP contribution is 2.30. The van der Waals surface area contributed by atoms with Gasteiger partial charge < -0.3 is 13.9 Å². The minimum absolute atomic E-state index is 0.00920. The number of aromatic nitrogens is 2. The molecule has 0 spiro atoms. The van der Waals surface area contributed by atoms with E-state index in [0.717, 1.165) is 5.39 Å². The van der Waals surface area contributed by atoms with Gasteiger partial charge >= 0.3 is 0 Å². The van der Waals surface area contributed by atoms with E-state index in [1.807, 2.05) is 36.4 Å². The first-order valence-electron chi connectivity index (χ1n) is 12.6. The number of para-hydroxylation sites is 2. The number of ether oxygens (including phenoxy) is 2. The molecular weight excluding hydrogens is 524 g/mol. The van der Waals surface area contributed by atoms with E-state index in [2.05, 4.69) is 5.10 Å². The molecular formula is C31H22N4O6. The molecule has 0 N–H and O–H groups in total. The summed E-state index contributed by atoms with van der Waals surface area (Å²) in [6.45, 7) is 0.116. The number of rotatable bonds is 8. The number of fused-ring (bicyclic) bond motifs is 2. The van der Waals surface area contributed by atoms with Crippen molar-refractivity contribution in [3.63, 3.8) is 0 Å². The molecule has 0 aliphatic carbocycles. The lowest BCUT2D eigenvalue weighted by atomic mass is 10.2. The summed E-state index contributed by atoms with van der Waals surface area (Å²) >= 11 is 0. The molecule has 0 saturated heterocycles. The predicted molar refractivity (Wildman–Crippen MR) is 155 cm³/mol. The predicted octanol–water partition coefficient (Wildman–Crippen LogP) is 6.19. The van der Waals surface area contributed by atoms with Crippen LogP contribution in [0.5, 0.6) is 11.5 Å². The first kappa shape index (κ1) is 25.5. The number of hydrogen-bond acceptors (Lipinski definition) is 8. The third-order valence-corrected chi connectivity index (χ3v) is 6.43. The number of nitrogens with zero attached hydrogens (tertiary/aromatic N) is 4. The third kappa shape index (κ3) is 5.13. The second-order valence-corrected chi connectivity index (χ2v) is 9.09. The molecule has 6 rings (SSSR count). The molecule has 2 aromatic heterocycles. The highest BCUT2D eigenvalue weighted by molar-refractivity contribution is 5.85. The van der Waals surface area contributed by atoms with Gasteiger partial charge in [-0.25, -0.2) is 4.98 Å². The number of nitro benzene ring substituents is 1. The van der Waals surface area contributed by atoms with Gasteiger partial charge in [0.2, 0.25) is 5.82 Å². The minimum atomic E-state index is -0.450. The van der Waals surface area contributed by atoms with Gasteiger partial charge in [0.05, 0.1) is 29.2 Å². The van der Waals surface area contributed by atoms with Crippen LogP contribution >= 0.6 is 0 Å². The molecule has 4 aromatic carbocycles. The van der Waals surface area contributed by atoms with Gasteiger partial charge in [0.25, 0.3) is 11.2 Å². The summed E-state index contributed by atoms with van der Waals surface area (Å²) in [6, 6.07) is 27.9. The molecule has 0 radical (unpaired) electrons. The van der Waals surface area contributed by atoms with Gasteiger partial charge in [-0.1, -0.05) is 42.5 Å². The van der Waals surface area contributed by atoms with Gasteiger partial charge in [0.1, 0.15) is 12.2 Å². The lowest BCUT2D eigenvalue weighted by molar-refractivity contribution is -0.384. The Balaban J connectivity index is 1.33. The van der Waals surface area contributed by atoms with E-state index in [4.69, 9.17) is 18.9 Å². The number of non-ortho nitro benzene ring substituents is 1. The number of hydrogen-bond donors (Lipinski definition) is 0. The summed E-state index contributed by atoms with van der Waals surface area (Å²) in [5.74, 6) is 1.56. The fourth-order valence-corrected chi connectivity index (χ4v) is 4.41. The molecule has 0 saturated carbocycles. The van der Waals surface area contributed by atoms with Crippen LogP contribution in [-0.4, -0.2) is 27.9 Å². The van der Waals surface area contributed by atoms with Crippen molar-refractivity contribution in [2.45, 2.75) is 6.61 Å². The van der Waals surface area contributed by atoms with E-state index in [1.54, 1.807) is 48.5 Å². The summed E-state index contributed by atoms with van der Waals surface area (Å²) in [5, 5.41) is 16.9. The van der Waals surface area contributed by atoms with Crippen molar-refractivity contribution in [2.75, 3.05) is 7.11 Å². The Labute approximate surface area is 232 Å². The molecule has 202 valence electrons. The zero-order valence-electron chi connectivity index (χ0n) is 21.8. The van der Waals surface area contributed by atoms with Crippen molar-refractivity contribution in [3.8, 4) is 23.1 Å². The van der Waals surface area contributed by atoms with Crippen molar-refractivity contribution in [3.05, 3.63) is 129 Å². The highest BCUT2D eigenvalue weighted by Gasteiger charge is 2.16. The summed E-state index contributed by atoms with van der Waals surface area (Å²) in [5.41, 5.74) is 2.14. The average Bonchev–Trinajstić information content (AvgIpc) is 3.44. The third-order valence-electron chi connectivity index (χ3n) is 6.43. The van der Waals surface area contributed by atoms with Crippen LogP contribution in [0.25, 0.3) is 33.5 Å². The van der Waals surface area contributed by atoms with Crippen LogP contribution < -0.4 is 15.0 Å². The van der Waals surface area contributed by atoms with Gasteiger partial charge in [-0.2, -0.15) is 9.78 Å². The van der Waals surface area contributed by atoms with Gasteiger partial charge in [0, 0.05) is 17.5 Å². The lowest BCUT2D eigenvalue weighted by Gasteiger charge is -2.11. The molecule has 2 heterocycles. The Kier molecular flexibility index (Phi) is 6.70. The maximum absolute atomic E-state index is 13.5. The van der Waals surface area contributed by atoms with Gasteiger partial charge in [-0.05, 0) is 53.6 Å². The van der Waals surface area contributed by atoms with Crippen LogP contribution in [0.3, 0.4) is 0 Å². The first-order valence-corrected chi connectivity index (χ1v) is 12.6. The van der Waals surface area contributed by atoms with Crippen LogP contribution in [0, 0.1) is 10.1 Å². The number of furan rings is 1. The van der Waals surface area contributed by atoms with E-state index in [1.165, 1.54) is 30.1 Å². The Hall–Kier alpha value is -5.77. The van der Waals surface area contributed by atoms with Crippen LogP contribution in [-0.2, 0) is 6.61 Å². The molecule has 6 aromatic rings. The van der Waals surface area contributed by atoms with E-state index in [9.17, 15) is 14.9 Å². The van der Waals surface area contributed by atoms with Crippen LogP contribution in [0.2, 0.25) is 0 Å². The fraction of sp³-hybridized carbons (Fsp3) is 0.0645. The fourth-order valence-electron chi connectivity index (χ4n) is 4.41. The summed E-state index contributed by atoms with van der Waals surface area (Å²) in [7, 11) is 1.51. The normalized spacial score (nSPS) is 11.3. The van der Waals surface area contributed by atoms with Crippen molar-refractivity contribution in [1.29, 1.82) is 0 Å². The largest absolute Gasteiger partial charge is 0.493 e. The standard InChI is InChI=1S/C31H22N4O6/c1-39-28-16-20(13-14-27(28)40-19-21-7-6-9-23(15-21)35(37)38)18-32-34-30(29-17-22-8-2-5-12-26(22)41-29)33-25-11-4-3-10-24(25)31(34)36/h2-18H,19H2,1H3. The average molecular weight is 547 g/mol. The van der Waals surface area contributed by atoms with Crippen molar-refractivity contribution in [2.24, 2.45) is 5.10 Å². The Morgan fingerprint density at radius 2 is 1.80 bits per heavy atom. The Morgan fingerprint density at radius 3 is 2.63 bits per heavy atom. The molecule has 0 aliphatic heterocycles. The second-order valence-electron chi connectivity index (χ2n) is 9.09. The maximum atomic E-state index is 13.5. The highest BCUT2D eigenvalue weighted by atomic mass is 16.6. The molecule has 41 heavy (non-hydrogen) atoms. The molecule has 0 fully saturated rings. The topological polar surface area (TPSA) is 122 Å². The molecule has 0 aliphatic rings. The van der Waals surface area contributed by atoms with Gasteiger partial charge in [-0.3, -0.25) is 14.9 Å². The quantitative estimate of drug-likeness (QED) is 0.127. The molecule has 0 atom stereocenters. The molecule has 0 amide bonds. The van der Waals surface area contributed by atoms with E-state index in [0.29, 0.717) is 44.9 Å². The lowest BCUT2D eigenvalue weighted by Crippen LogP contribution is -2.20. The number of benzene rings is 4. The van der Waals surface area contributed by atoms with Gasteiger partial charge in [-0.15, -0.1) is 0 Å². The molecule has 10 nitrogen and oxygen atoms in total. The number of methoxy groups -OCH3 is 1. The van der Waals surface area contributed by atoms with Crippen LogP contribution in [0.1, 0.15) is 11.1 Å². The monoisotopic (exact) mass is 546 g/mol. The number of nitro groups is 1. The molecule has 0 bridgehead atoms. The summed E-state index contributed by atoms with van der Waals surface area (Å²) in [4.78, 5) is 28.8. The summed E-state index contributed by atoms with van der Waals surface area (Å²) < 4.78 is 18.6. The van der Waals surface area contributed by atoms with Gasteiger partial charge in [0.15, 0.2) is 17.3 Å². The Bertz CT molecular complexity index is 1980. The van der Waals surface area contributed by atoms with E-state index in [-0.39, 0.29) is 23.7 Å². The van der Waals surface area contributed by atoms with Crippen LogP contribution in [0.15, 0.2) is 111 Å². The smallest absolute Gasteiger partial charge is 0.282 e. The van der Waals surface area contributed by atoms with Crippen LogP contribution in [0.4, 0.5) is 5.69 Å². The zero-order chi connectivity index (χ0) is 28.3. The minimum Gasteiger partial charge on any atom is -0.493 e. The zero-order valence-corrected chi connectivity index (χ0v) is 21.8. The maximum Gasteiger partial charge on any atom is 0.282 e. The first-order chi connectivity index (χ1) is 20.0. The second kappa shape index (κ2) is 10.8. The van der Waals surface area contributed by atoms with Crippen molar-refractivity contribution < 1.29 is 18.8 Å². The van der Waals surface area contributed by atoms with E-state index < -0.39 is 4.92 Å². The van der Waals surface area contributed by atoms with Crippen molar-refractivity contribution in [1.82, 2.24) is 9.66 Å². The van der Waals surface area contributed by atoms with E-state index >= 15 is 0 Å².